The van der Waals surface area contributed by atoms with Gasteiger partial charge in [0, 0.05) is 23.5 Å². The molecular weight excluding hydrogens is 703 g/mol. The van der Waals surface area contributed by atoms with E-state index < -0.39 is 68.8 Å². The Labute approximate surface area is 308 Å². The second kappa shape index (κ2) is 15.3. The highest BCUT2D eigenvalue weighted by molar-refractivity contribution is 6.74. The number of benzene rings is 1. The molecule has 5 unspecified atom stereocenters. The average molecular weight is 752 g/mol. The minimum absolute atomic E-state index is 0.0116. The predicted octanol–water partition coefficient (Wildman–Crippen LogP) is 3.33. The Morgan fingerprint density at radius 2 is 1.87 bits per heavy atom. The second-order valence-corrected chi connectivity index (χ2v) is 20.1. The molecule has 3 amide bonds. The summed E-state index contributed by atoms with van der Waals surface area (Å²) < 4.78 is 25.7. The number of alkyl carbamates (subject to hydrolysis) is 1. The van der Waals surface area contributed by atoms with Crippen molar-refractivity contribution >= 4 is 54.7 Å². The number of esters is 1. The molecule has 0 spiro atoms. The number of nitrogens with zero attached hydrogens (tertiary/aromatic N) is 3. The molecule has 1 saturated heterocycles. The van der Waals surface area contributed by atoms with E-state index in [2.05, 4.69) is 59.8 Å². The van der Waals surface area contributed by atoms with Crippen LogP contribution < -0.4 is 21.7 Å². The van der Waals surface area contributed by atoms with Crippen LogP contribution in [0.1, 0.15) is 58.9 Å². The van der Waals surface area contributed by atoms with Gasteiger partial charge in [-0.15, -0.1) is 0 Å². The summed E-state index contributed by atoms with van der Waals surface area (Å²) in [6.45, 7) is 14.8. The molecule has 2 aliphatic rings. The summed E-state index contributed by atoms with van der Waals surface area (Å²) in [6.07, 6.45) is -0.0637. The highest BCUT2D eigenvalue weighted by Crippen LogP contribution is 2.45. The van der Waals surface area contributed by atoms with Crippen molar-refractivity contribution in [2.45, 2.75) is 96.4 Å². The van der Waals surface area contributed by atoms with Gasteiger partial charge in [-0.25, -0.2) is 14.8 Å². The Morgan fingerprint density at radius 1 is 1.17 bits per heavy atom. The van der Waals surface area contributed by atoms with Crippen molar-refractivity contribution in [1.29, 1.82) is 0 Å². The Morgan fingerprint density at radius 3 is 2.53 bits per heavy atom. The number of aliphatic hydroxyl groups is 1. The van der Waals surface area contributed by atoms with Gasteiger partial charge in [0.25, 0.3) is 5.91 Å². The third-order valence-corrected chi connectivity index (χ3v) is 14.4. The monoisotopic (exact) mass is 751 g/mol. The lowest BCUT2D eigenvalue weighted by molar-refractivity contribution is -0.163. The summed E-state index contributed by atoms with van der Waals surface area (Å²) in [6, 6.07) is 8.08. The standard InChI is InChI=1S/C36H49N7O9Si/c1-20(2)28(42-34(47)49-17-21-12-10-9-11-13-21)32(46)38-15-26(45)52-29-24(18-50-53(7,8)35(3,4)5)51-33(36(29,6)48)43-16-22-23(37)14-25(44)41-30-27(22)31(43)40-19-39-30/h9-14,16,19-20,24,28-29,33,48H,15,17-18,37H2,1-8H3,(H,38,46)(H,42,47)(H,39,40,41,44). The summed E-state index contributed by atoms with van der Waals surface area (Å²) in [4.78, 5) is 60.1. The topological polar surface area (TPSA) is 218 Å². The molecule has 0 aliphatic carbocycles. The van der Waals surface area contributed by atoms with Crippen molar-refractivity contribution in [1.82, 2.24) is 25.2 Å². The molecular formula is C36H49N7O9Si. The number of nitrogens with one attached hydrogen (secondary N) is 3. The molecule has 2 aromatic heterocycles. The molecule has 6 N–H and O–H groups in total. The quantitative estimate of drug-likeness (QED) is 0.133. The van der Waals surface area contributed by atoms with Crippen LogP contribution in [0.2, 0.25) is 18.1 Å². The summed E-state index contributed by atoms with van der Waals surface area (Å²) >= 11 is 0. The number of aromatic nitrogens is 3. The highest BCUT2D eigenvalue weighted by atomic mass is 28.4. The molecule has 286 valence electrons. The normalized spacial score (nSPS) is 22.1. The zero-order valence-corrected chi connectivity index (χ0v) is 32.3. The van der Waals surface area contributed by atoms with Crippen LogP contribution in [0, 0.1) is 5.92 Å². The third kappa shape index (κ3) is 8.53. The van der Waals surface area contributed by atoms with E-state index in [9.17, 15) is 24.3 Å². The lowest BCUT2D eigenvalue weighted by Crippen LogP contribution is -2.52. The summed E-state index contributed by atoms with van der Waals surface area (Å²) in [5.74, 6) is -2.04. The molecule has 53 heavy (non-hydrogen) atoms. The SMILES string of the molecule is CC(C)C(NC(=O)OCc1ccccc1)C(=O)NCC(=O)OC1C(CO[Si](C)(C)C(C)(C)C)OC(n2cc3c4c(ncnc42)NC(=O)C=C3N)C1(C)O. The molecule has 0 radical (unpaired) electrons. The molecule has 4 heterocycles. The number of anilines is 1. The molecule has 1 aromatic carbocycles. The van der Waals surface area contributed by atoms with E-state index in [1.165, 1.54) is 19.3 Å². The Hall–Kier alpha value is -4.84. The van der Waals surface area contributed by atoms with Gasteiger partial charge in [0.05, 0.1) is 12.0 Å². The van der Waals surface area contributed by atoms with Gasteiger partial charge in [-0.1, -0.05) is 65.0 Å². The summed E-state index contributed by atoms with van der Waals surface area (Å²) in [5, 5.41) is 20.2. The van der Waals surface area contributed by atoms with Gasteiger partial charge in [-0.3, -0.25) is 14.4 Å². The molecule has 0 saturated carbocycles. The van der Waals surface area contributed by atoms with Crippen molar-refractivity contribution < 1.29 is 42.9 Å². The Kier molecular flexibility index (Phi) is 11.3. The maximum absolute atomic E-state index is 13.4. The molecule has 2 aliphatic heterocycles. The molecule has 17 heteroatoms. The fourth-order valence-electron chi connectivity index (χ4n) is 5.90. The smallest absolute Gasteiger partial charge is 0.408 e. The maximum atomic E-state index is 13.4. The minimum atomic E-state index is -2.34. The van der Waals surface area contributed by atoms with Crippen LogP contribution in [-0.4, -0.2) is 88.8 Å². The molecule has 16 nitrogen and oxygen atoms in total. The van der Waals surface area contributed by atoms with Crippen LogP contribution in [0.3, 0.4) is 0 Å². The van der Waals surface area contributed by atoms with Gasteiger partial charge >= 0.3 is 12.1 Å². The van der Waals surface area contributed by atoms with E-state index in [-0.39, 0.29) is 35.7 Å². The van der Waals surface area contributed by atoms with Crippen LogP contribution >= 0.6 is 0 Å². The molecule has 3 aromatic rings. The van der Waals surface area contributed by atoms with Crippen molar-refractivity contribution in [2.75, 3.05) is 18.5 Å². The number of amides is 3. The first-order chi connectivity index (χ1) is 24.8. The van der Waals surface area contributed by atoms with Gasteiger partial charge in [0.1, 0.15) is 48.7 Å². The lowest BCUT2D eigenvalue weighted by Gasteiger charge is -2.37. The van der Waals surface area contributed by atoms with E-state index in [0.29, 0.717) is 16.6 Å². The van der Waals surface area contributed by atoms with Gasteiger partial charge in [0.2, 0.25) is 5.91 Å². The first-order valence-electron chi connectivity index (χ1n) is 17.4. The lowest BCUT2D eigenvalue weighted by atomic mass is 9.96. The number of rotatable bonds is 12. The van der Waals surface area contributed by atoms with Gasteiger partial charge in [0.15, 0.2) is 20.6 Å². The summed E-state index contributed by atoms with van der Waals surface area (Å²) in [5.41, 5.74) is 6.11. The molecule has 0 bridgehead atoms. The number of carbonyl (C=O) groups excluding carboxylic acids is 4. The average Bonchev–Trinajstić information content (AvgIpc) is 3.54. The fraction of sp³-hybridized carbons (Fsp3) is 0.500. The largest absolute Gasteiger partial charge is 0.455 e. The number of hydrogen-bond donors (Lipinski definition) is 5. The van der Waals surface area contributed by atoms with E-state index in [4.69, 9.17) is 24.4 Å². The molecule has 1 fully saturated rings. The first kappa shape index (κ1) is 39.4. The highest BCUT2D eigenvalue weighted by Gasteiger charge is 2.57. The van der Waals surface area contributed by atoms with Crippen molar-refractivity contribution in [3.63, 3.8) is 0 Å². The van der Waals surface area contributed by atoms with Gasteiger partial charge in [-0.2, -0.15) is 0 Å². The van der Waals surface area contributed by atoms with Crippen molar-refractivity contribution in [3.8, 4) is 0 Å². The van der Waals surface area contributed by atoms with Crippen LogP contribution in [-0.2, 0) is 39.6 Å². The van der Waals surface area contributed by atoms with E-state index in [1.807, 2.05) is 18.2 Å². The maximum Gasteiger partial charge on any atom is 0.408 e. The van der Waals surface area contributed by atoms with Gasteiger partial charge in [-0.05, 0) is 36.5 Å². The van der Waals surface area contributed by atoms with Crippen LogP contribution in [0.4, 0.5) is 10.6 Å². The van der Waals surface area contributed by atoms with Crippen LogP contribution in [0.5, 0.6) is 0 Å². The second-order valence-electron chi connectivity index (χ2n) is 15.3. The number of hydrogen-bond acceptors (Lipinski definition) is 12. The summed E-state index contributed by atoms with van der Waals surface area (Å²) in [7, 11) is -2.34. The number of carbonyl (C=O) groups is 4. The van der Waals surface area contributed by atoms with E-state index >= 15 is 0 Å². The fourth-order valence-corrected chi connectivity index (χ4v) is 6.91. The zero-order chi connectivity index (χ0) is 38.9. The van der Waals surface area contributed by atoms with Crippen LogP contribution in [0.25, 0.3) is 16.7 Å². The number of nitrogens with two attached hydrogens (primary N) is 1. The Bertz CT molecular complexity index is 1890. The predicted molar refractivity (Wildman–Crippen MR) is 197 cm³/mol. The minimum Gasteiger partial charge on any atom is -0.455 e. The van der Waals surface area contributed by atoms with Gasteiger partial charge < -0.3 is 50.0 Å². The third-order valence-electron chi connectivity index (χ3n) is 9.93. The van der Waals surface area contributed by atoms with Crippen LogP contribution in [0.15, 0.2) is 48.9 Å². The molecule has 5 rings (SSSR count). The Balaban J connectivity index is 1.34. The zero-order valence-electron chi connectivity index (χ0n) is 31.3. The first-order valence-corrected chi connectivity index (χ1v) is 20.3. The van der Waals surface area contributed by atoms with E-state index in [0.717, 1.165) is 5.56 Å². The molecule has 5 atom stereocenters. The van der Waals surface area contributed by atoms with E-state index in [1.54, 1.807) is 36.7 Å². The van der Waals surface area contributed by atoms with Crippen molar-refractivity contribution in [2.24, 2.45) is 11.7 Å². The number of ether oxygens (including phenoxy) is 3. The van der Waals surface area contributed by atoms with Crippen molar-refractivity contribution in [3.05, 3.63) is 60.1 Å².